The molecule has 6 nitrogen and oxygen atoms in total. The fraction of sp³-hybridized carbons (Fsp3) is 0.381. The fourth-order valence-electron chi connectivity index (χ4n) is 3.12. The monoisotopic (exact) mass is 422 g/mol. The van der Waals surface area contributed by atoms with Crippen molar-refractivity contribution in [2.24, 2.45) is 0 Å². The first-order chi connectivity index (χ1) is 13.8. The third-order valence-corrected chi connectivity index (χ3v) is 5.66. The minimum Gasteiger partial charge on any atom is -0.497 e. The van der Waals surface area contributed by atoms with Gasteiger partial charge in [0.05, 0.1) is 19.1 Å². The molecule has 0 unspecified atom stereocenters. The average molecular weight is 423 g/mol. The van der Waals surface area contributed by atoms with Crippen LogP contribution in [-0.2, 0) is 21.2 Å². The number of benzene rings is 2. The molecule has 0 saturated carbocycles. The van der Waals surface area contributed by atoms with Crippen LogP contribution in [0.3, 0.4) is 0 Å². The lowest BCUT2D eigenvalue weighted by Crippen LogP contribution is -2.49. The number of halogens is 1. The van der Waals surface area contributed by atoms with Gasteiger partial charge >= 0.3 is 0 Å². The molecule has 1 atom stereocenters. The van der Waals surface area contributed by atoms with Crippen molar-refractivity contribution in [3.05, 3.63) is 59.9 Å². The van der Waals surface area contributed by atoms with Gasteiger partial charge in [0.1, 0.15) is 17.6 Å². The van der Waals surface area contributed by atoms with E-state index in [9.17, 15) is 17.6 Å². The molecule has 0 aliphatic rings. The number of methoxy groups -OCH3 is 1. The molecule has 2 rings (SSSR count). The number of anilines is 1. The first-order valence-corrected chi connectivity index (χ1v) is 11.3. The van der Waals surface area contributed by atoms with E-state index in [1.807, 2.05) is 24.3 Å². The van der Waals surface area contributed by atoms with Gasteiger partial charge in [-0.2, -0.15) is 0 Å². The molecule has 0 heterocycles. The third kappa shape index (κ3) is 6.19. The molecule has 2 aromatic carbocycles. The van der Waals surface area contributed by atoms with E-state index in [0.717, 1.165) is 28.3 Å². The van der Waals surface area contributed by atoms with Crippen LogP contribution in [0.15, 0.2) is 48.5 Å². The second-order valence-electron chi connectivity index (χ2n) is 6.68. The van der Waals surface area contributed by atoms with Gasteiger partial charge in [0.2, 0.25) is 15.9 Å². The van der Waals surface area contributed by atoms with E-state index in [2.05, 4.69) is 5.32 Å². The summed E-state index contributed by atoms with van der Waals surface area (Å²) in [5.74, 6) is -0.375. The Morgan fingerprint density at radius 1 is 1.21 bits per heavy atom. The zero-order valence-electron chi connectivity index (χ0n) is 16.9. The molecule has 0 aliphatic heterocycles. The molecular weight excluding hydrogens is 395 g/mol. The number of para-hydroxylation sites is 1. The van der Waals surface area contributed by atoms with Gasteiger partial charge in [-0.1, -0.05) is 31.2 Å². The predicted molar refractivity (Wildman–Crippen MR) is 112 cm³/mol. The predicted octanol–water partition coefficient (Wildman–Crippen LogP) is 3.13. The number of hydrogen-bond acceptors (Lipinski definition) is 4. The highest BCUT2D eigenvalue weighted by Crippen LogP contribution is 2.25. The number of nitrogens with one attached hydrogen (secondary N) is 1. The molecule has 1 N–H and O–H groups in total. The lowest BCUT2D eigenvalue weighted by molar-refractivity contribution is -0.122. The van der Waals surface area contributed by atoms with Crippen LogP contribution in [0, 0.1) is 5.82 Å². The second-order valence-corrected chi connectivity index (χ2v) is 8.54. The van der Waals surface area contributed by atoms with Crippen LogP contribution >= 0.6 is 0 Å². The fourth-order valence-corrected chi connectivity index (χ4v) is 4.33. The third-order valence-electron chi connectivity index (χ3n) is 4.50. The first-order valence-electron chi connectivity index (χ1n) is 9.42. The minimum absolute atomic E-state index is 0.131. The Balaban J connectivity index is 2.05. The van der Waals surface area contributed by atoms with Gasteiger partial charge in [-0.15, -0.1) is 0 Å². The van der Waals surface area contributed by atoms with Gasteiger partial charge in [0, 0.05) is 6.54 Å². The number of ether oxygens (including phenoxy) is 1. The lowest BCUT2D eigenvalue weighted by atomic mass is 10.1. The molecule has 0 aromatic heterocycles. The van der Waals surface area contributed by atoms with E-state index in [1.165, 1.54) is 24.3 Å². The van der Waals surface area contributed by atoms with Crippen LogP contribution in [0.1, 0.15) is 25.3 Å². The topological polar surface area (TPSA) is 75.7 Å². The quantitative estimate of drug-likeness (QED) is 0.597. The average Bonchev–Trinajstić information content (AvgIpc) is 2.69. The zero-order valence-corrected chi connectivity index (χ0v) is 17.7. The van der Waals surface area contributed by atoms with Crippen molar-refractivity contribution in [2.45, 2.75) is 32.2 Å². The van der Waals surface area contributed by atoms with Crippen molar-refractivity contribution in [3.8, 4) is 5.75 Å². The maximum Gasteiger partial charge on any atom is 0.243 e. The van der Waals surface area contributed by atoms with Gasteiger partial charge in [0.15, 0.2) is 0 Å². The van der Waals surface area contributed by atoms with Gasteiger partial charge in [0.25, 0.3) is 0 Å². The number of nitrogens with zero attached hydrogens (tertiary/aromatic N) is 1. The SMILES string of the molecule is CC[C@@H](C(=O)NCCCc1cccc(OC)c1)N(c1ccccc1F)S(C)(=O)=O. The van der Waals surface area contributed by atoms with Crippen molar-refractivity contribution in [1.29, 1.82) is 0 Å². The molecule has 29 heavy (non-hydrogen) atoms. The van der Waals surface area contributed by atoms with Crippen LogP contribution in [0.4, 0.5) is 10.1 Å². The molecule has 0 spiro atoms. The summed E-state index contributed by atoms with van der Waals surface area (Å²) < 4.78 is 45.0. The van der Waals surface area contributed by atoms with Crippen molar-refractivity contribution >= 4 is 21.6 Å². The van der Waals surface area contributed by atoms with Gasteiger partial charge in [-0.3, -0.25) is 9.10 Å². The van der Waals surface area contributed by atoms with Gasteiger partial charge in [-0.25, -0.2) is 12.8 Å². The number of rotatable bonds is 10. The van der Waals surface area contributed by atoms with Crippen molar-refractivity contribution < 1.29 is 22.3 Å². The Hall–Kier alpha value is -2.61. The Morgan fingerprint density at radius 3 is 2.55 bits per heavy atom. The highest BCUT2D eigenvalue weighted by Gasteiger charge is 2.32. The Kier molecular flexibility index (Phi) is 8.01. The van der Waals surface area contributed by atoms with Gasteiger partial charge < -0.3 is 10.1 Å². The molecule has 2 aromatic rings. The zero-order chi connectivity index (χ0) is 21.4. The summed E-state index contributed by atoms with van der Waals surface area (Å²) in [6.45, 7) is 2.07. The number of aryl methyl sites for hydroxylation is 1. The summed E-state index contributed by atoms with van der Waals surface area (Å²) in [5, 5.41) is 2.78. The highest BCUT2D eigenvalue weighted by molar-refractivity contribution is 7.92. The van der Waals surface area contributed by atoms with Crippen LogP contribution in [0.5, 0.6) is 5.75 Å². The lowest BCUT2D eigenvalue weighted by Gasteiger charge is -2.30. The minimum atomic E-state index is -3.86. The Labute approximate surface area is 171 Å². The molecule has 0 aliphatic carbocycles. The summed E-state index contributed by atoms with van der Waals surface area (Å²) in [6, 6.07) is 12.2. The van der Waals surface area contributed by atoms with E-state index in [-0.39, 0.29) is 12.1 Å². The van der Waals surface area contributed by atoms with Crippen molar-refractivity contribution in [1.82, 2.24) is 5.32 Å². The van der Waals surface area contributed by atoms with E-state index in [1.54, 1.807) is 14.0 Å². The van der Waals surface area contributed by atoms with Crippen LogP contribution in [0.25, 0.3) is 0 Å². The molecular formula is C21H27FN2O4S. The summed E-state index contributed by atoms with van der Waals surface area (Å²) in [5.41, 5.74) is 0.947. The highest BCUT2D eigenvalue weighted by atomic mass is 32.2. The van der Waals surface area contributed by atoms with Crippen LogP contribution in [-0.4, -0.2) is 40.3 Å². The van der Waals surface area contributed by atoms with E-state index < -0.39 is 27.8 Å². The van der Waals surface area contributed by atoms with Crippen LogP contribution in [0.2, 0.25) is 0 Å². The largest absolute Gasteiger partial charge is 0.497 e. The Morgan fingerprint density at radius 2 is 1.93 bits per heavy atom. The summed E-state index contributed by atoms with van der Waals surface area (Å²) in [7, 11) is -2.25. The molecule has 8 heteroatoms. The maximum absolute atomic E-state index is 14.2. The normalized spacial score (nSPS) is 12.3. The van der Waals surface area contributed by atoms with E-state index in [0.29, 0.717) is 13.0 Å². The van der Waals surface area contributed by atoms with Crippen LogP contribution < -0.4 is 14.4 Å². The smallest absolute Gasteiger partial charge is 0.243 e. The number of sulfonamides is 1. The molecule has 1 amide bonds. The number of carbonyl (C=O) groups excluding carboxylic acids is 1. The second kappa shape index (κ2) is 10.2. The molecule has 0 bridgehead atoms. The van der Waals surface area contributed by atoms with Crippen molar-refractivity contribution in [3.63, 3.8) is 0 Å². The molecule has 0 radical (unpaired) electrons. The summed E-state index contributed by atoms with van der Waals surface area (Å²) >= 11 is 0. The number of hydrogen-bond donors (Lipinski definition) is 1. The Bertz CT molecular complexity index is 934. The maximum atomic E-state index is 14.2. The molecule has 0 fully saturated rings. The number of amides is 1. The van der Waals surface area contributed by atoms with Gasteiger partial charge in [-0.05, 0) is 49.1 Å². The summed E-state index contributed by atoms with van der Waals surface area (Å²) in [4.78, 5) is 12.7. The first kappa shape index (κ1) is 22.7. The van der Waals surface area contributed by atoms with E-state index in [4.69, 9.17) is 4.74 Å². The standard InChI is InChI=1S/C21H27FN2O4S/c1-4-19(24(29(3,26)27)20-13-6-5-12-18(20)22)21(25)23-14-8-10-16-9-7-11-17(15-16)28-2/h5-7,9,11-13,15,19H,4,8,10,14H2,1-3H3,(H,23,25)/t19-/m0/s1. The summed E-state index contributed by atoms with van der Waals surface area (Å²) in [6.07, 6.45) is 2.59. The molecule has 158 valence electrons. The molecule has 0 saturated heterocycles. The van der Waals surface area contributed by atoms with Crippen molar-refractivity contribution in [2.75, 3.05) is 24.2 Å². The number of carbonyl (C=O) groups is 1. The van der Waals surface area contributed by atoms with E-state index >= 15 is 0 Å².